The summed E-state index contributed by atoms with van der Waals surface area (Å²) in [5, 5.41) is 46.7. The number of hydrogen-bond acceptors (Lipinski definition) is 9. The fourth-order valence-corrected chi connectivity index (χ4v) is 7.46. The first-order valence-electron chi connectivity index (χ1n) is 21.7. The molecule has 2 aromatic carbocycles. The maximum Gasteiger partial charge on any atom is 0.250 e. The Kier molecular flexibility index (Phi) is 23.7. The van der Waals surface area contributed by atoms with Crippen LogP contribution in [-0.2, 0) is 37.0 Å². The van der Waals surface area contributed by atoms with Crippen molar-refractivity contribution in [2.75, 3.05) is 6.61 Å². The predicted octanol–water partition coefficient (Wildman–Crippen LogP) is 7.85. The van der Waals surface area contributed by atoms with Crippen LogP contribution in [0, 0.1) is 0 Å². The molecule has 5 N–H and O–H groups in total. The highest BCUT2D eigenvalue weighted by Crippen LogP contribution is 2.32. The van der Waals surface area contributed by atoms with E-state index >= 15 is 0 Å². The van der Waals surface area contributed by atoms with Crippen molar-refractivity contribution in [3.05, 3.63) is 71.8 Å². The average Bonchev–Trinajstić information content (AvgIpc) is 3.21. The van der Waals surface area contributed by atoms with E-state index in [9.17, 15) is 30.0 Å². The van der Waals surface area contributed by atoms with Crippen molar-refractivity contribution < 1.29 is 44.2 Å². The molecule has 1 amide bonds. The number of nitrogens with one attached hydrogen (secondary N) is 1. The van der Waals surface area contributed by atoms with Gasteiger partial charge in [0.2, 0.25) is 5.91 Å². The summed E-state index contributed by atoms with van der Waals surface area (Å²) in [5.41, 5.74) is 1.91. The standard InChI is InChI=1S/C46H73NO9/c1-3-5-7-9-11-12-14-16-24-30-39(55-35-37-27-21-18-22-28-37)32-42(50)47-45-44(52)43(51)40(33-48)56-46(45,53)41(49)31-38(29-23-15-13-10-8-6-4-2)54-34-36-25-19-17-20-26-36/h17-22,25-28,38-40,43-45,48,51-53H,3-16,23-24,29-35H2,1-2H3,(H,47,50)/t38-,39-,40-,43-,44+,45-,46+/m1/s1. The summed E-state index contributed by atoms with van der Waals surface area (Å²) >= 11 is 0. The largest absolute Gasteiger partial charge is 0.394 e. The molecular formula is C46H73NO9. The predicted molar refractivity (Wildman–Crippen MR) is 220 cm³/mol. The molecule has 0 aliphatic carbocycles. The monoisotopic (exact) mass is 784 g/mol. The summed E-state index contributed by atoms with van der Waals surface area (Å²) < 4.78 is 18.2. The number of hydrogen-bond donors (Lipinski definition) is 5. The number of aliphatic hydroxyl groups is 4. The number of Topliss-reactive ketones (excluding diaryl/α,β-unsaturated/α-hetero) is 1. The van der Waals surface area contributed by atoms with Gasteiger partial charge in [0.15, 0.2) is 5.78 Å². The Labute approximate surface area is 336 Å². The third kappa shape index (κ3) is 17.4. The minimum Gasteiger partial charge on any atom is -0.394 e. The summed E-state index contributed by atoms with van der Waals surface area (Å²) in [6.45, 7) is 4.22. The quantitative estimate of drug-likeness (QED) is 0.0481. The molecule has 0 bridgehead atoms. The van der Waals surface area contributed by atoms with Gasteiger partial charge < -0.3 is 40.0 Å². The van der Waals surface area contributed by atoms with E-state index in [-0.39, 0.29) is 19.4 Å². The Balaban J connectivity index is 1.70. The molecule has 1 aliphatic heterocycles. The number of aliphatic hydroxyl groups excluding tert-OH is 3. The maximum atomic E-state index is 14.1. The highest BCUT2D eigenvalue weighted by atomic mass is 16.7. The zero-order valence-corrected chi connectivity index (χ0v) is 34.3. The van der Waals surface area contributed by atoms with Gasteiger partial charge in [-0.05, 0) is 24.0 Å². The molecule has 0 radical (unpaired) electrons. The van der Waals surface area contributed by atoms with Crippen molar-refractivity contribution in [3.8, 4) is 0 Å². The number of rotatable bonds is 31. The molecule has 2 aromatic rings. The van der Waals surface area contributed by atoms with Gasteiger partial charge in [-0.25, -0.2) is 0 Å². The fraction of sp³-hybridized carbons (Fsp3) is 0.696. The van der Waals surface area contributed by atoms with Crippen LogP contribution in [0.4, 0.5) is 0 Å². The van der Waals surface area contributed by atoms with E-state index in [2.05, 4.69) is 19.2 Å². The van der Waals surface area contributed by atoms with Crippen molar-refractivity contribution in [3.63, 3.8) is 0 Å². The fourth-order valence-electron chi connectivity index (χ4n) is 7.46. The molecule has 10 nitrogen and oxygen atoms in total. The first-order valence-corrected chi connectivity index (χ1v) is 21.7. The van der Waals surface area contributed by atoms with Gasteiger partial charge in [0.1, 0.15) is 24.4 Å². The molecule has 0 spiro atoms. The van der Waals surface area contributed by atoms with Gasteiger partial charge in [-0.1, -0.05) is 177 Å². The topological polar surface area (TPSA) is 155 Å². The number of benzene rings is 2. The summed E-state index contributed by atoms with van der Waals surface area (Å²) in [6.07, 6.45) is 13.0. The van der Waals surface area contributed by atoms with E-state index in [1.165, 1.54) is 57.8 Å². The smallest absolute Gasteiger partial charge is 0.250 e. The summed E-state index contributed by atoms with van der Waals surface area (Å²) in [7, 11) is 0. The van der Waals surface area contributed by atoms with Gasteiger partial charge in [-0.15, -0.1) is 0 Å². The van der Waals surface area contributed by atoms with Crippen LogP contribution >= 0.6 is 0 Å². The normalized spacial score (nSPS) is 22.1. The first-order chi connectivity index (χ1) is 27.2. The lowest BCUT2D eigenvalue weighted by Gasteiger charge is -2.47. The van der Waals surface area contributed by atoms with Crippen LogP contribution < -0.4 is 5.32 Å². The highest BCUT2D eigenvalue weighted by Gasteiger charge is 2.58. The number of carbonyl (C=O) groups is 2. The van der Waals surface area contributed by atoms with Gasteiger partial charge in [-0.2, -0.15) is 0 Å². The average molecular weight is 784 g/mol. The zero-order valence-electron chi connectivity index (χ0n) is 34.3. The number of ether oxygens (including phenoxy) is 3. The van der Waals surface area contributed by atoms with Crippen molar-refractivity contribution in [1.29, 1.82) is 0 Å². The second-order valence-electron chi connectivity index (χ2n) is 15.8. The van der Waals surface area contributed by atoms with Crippen LogP contribution in [0.1, 0.15) is 153 Å². The van der Waals surface area contributed by atoms with Crippen LogP contribution in [0.3, 0.4) is 0 Å². The third-order valence-corrected chi connectivity index (χ3v) is 11.0. The number of unbranched alkanes of at least 4 members (excludes halogenated alkanes) is 14. The molecule has 0 unspecified atom stereocenters. The summed E-state index contributed by atoms with van der Waals surface area (Å²) in [6, 6.07) is 17.6. The molecule has 56 heavy (non-hydrogen) atoms. The van der Waals surface area contributed by atoms with E-state index in [0.29, 0.717) is 19.4 Å². The molecule has 7 atom stereocenters. The summed E-state index contributed by atoms with van der Waals surface area (Å²) in [4.78, 5) is 27.9. The molecular weight excluding hydrogens is 711 g/mol. The number of ketones is 1. The van der Waals surface area contributed by atoms with Crippen LogP contribution in [0.2, 0.25) is 0 Å². The van der Waals surface area contributed by atoms with E-state index in [0.717, 1.165) is 56.1 Å². The minimum atomic E-state index is -2.73. The van der Waals surface area contributed by atoms with Crippen molar-refractivity contribution in [2.45, 2.75) is 198 Å². The second kappa shape index (κ2) is 27.9. The zero-order chi connectivity index (χ0) is 40.4. The second-order valence-corrected chi connectivity index (χ2v) is 15.8. The molecule has 1 aliphatic rings. The Morgan fingerprint density at radius 1 is 0.661 bits per heavy atom. The highest BCUT2D eigenvalue weighted by molar-refractivity contribution is 5.88. The molecule has 1 fully saturated rings. The molecule has 316 valence electrons. The van der Waals surface area contributed by atoms with Crippen molar-refractivity contribution >= 4 is 11.7 Å². The Hall–Kier alpha value is -2.70. The van der Waals surface area contributed by atoms with Gasteiger partial charge in [-0.3, -0.25) is 9.59 Å². The van der Waals surface area contributed by atoms with Crippen LogP contribution in [0.15, 0.2) is 60.7 Å². The van der Waals surface area contributed by atoms with E-state index in [4.69, 9.17) is 14.2 Å². The number of carbonyl (C=O) groups excluding carboxylic acids is 2. The Morgan fingerprint density at radius 3 is 1.54 bits per heavy atom. The molecule has 1 saturated heterocycles. The first kappa shape index (κ1) is 47.7. The van der Waals surface area contributed by atoms with Crippen LogP contribution in [-0.4, -0.2) is 81.1 Å². The van der Waals surface area contributed by atoms with Crippen molar-refractivity contribution in [1.82, 2.24) is 5.32 Å². The van der Waals surface area contributed by atoms with Gasteiger partial charge in [0.25, 0.3) is 5.79 Å². The SMILES string of the molecule is CCCCCCCCCCC[C@H](CC(=O)N[C@@H]1[C@@H](O)[C@H](O)[C@@H](CO)O[C@@]1(O)C(=O)C[C@@H](CCCCCCCCC)OCc1ccccc1)OCc1ccccc1. The molecule has 10 heteroatoms. The molecule has 0 saturated carbocycles. The Bertz CT molecular complexity index is 1310. The van der Waals surface area contributed by atoms with E-state index < -0.39 is 60.6 Å². The van der Waals surface area contributed by atoms with Crippen LogP contribution in [0.5, 0.6) is 0 Å². The minimum absolute atomic E-state index is 0.0854. The Morgan fingerprint density at radius 2 is 1.09 bits per heavy atom. The number of amides is 1. The van der Waals surface area contributed by atoms with Gasteiger partial charge in [0.05, 0.1) is 38.4 Å². The maximum absolute atomic E-state index is 14.1. The lowest BCUT2D eigenvalue weighted by Crippen LogP contribution is -2.73. The van der Waals surface area contributed by atoms with Crippen LogP contribution in [0.25, 0.3) is 0 Å². The molecule has 1 heterocycles. The lowest BCUT2D eigenvalue weighted by molar-refractivity contribution is -0.302. The van der Waals surface area contributed by atoms with Crippen molar-refractivity contribution in [2.24, 2.45) is 0 Å². The summed E-state index contributed by atoms with van der Waals surface area (Å²) in [5.74, 6) is -4.10. The lowest BCUT2D eigenvalue weighted by atomic mass is 9.85. The van der Waals surface area contributed by atoms with Gasteiger partial charge in [0, 0.05) is 6.42 Å². The molecule has 3 rings (SSSR count). The van der Waals surface area contributed by atoms with E-state index in [1.54, 1.807) is 0 Å². The van der Waals surface area contributed by atoms with E-state index in [1.807, 2.05) is 60.7 Å². The molecule has 0 aromatic heterocycles. The third-order valence-electron chi connectivity index (χ3n) is 11.0. The van der Waals surface area contributed by atoms with Gasteiger partial charge >= 0.3 is 0 Å².